The lowest BCUT2D eigenvalue weighted by Crippen LogP contribution is -2.28. The van der Waals surface area contributed by atoms with Crippen molar-refractivity contribution < 1.29 is 14.3 Å². The van der Waals surface area contributed by atoms with Crippen molar-refractivity contribution in [1.82, 2.24) is 4.90 Å². The van der Waals surface area contributed by atoms with E-state index in [1.807, 2.05) is 49.4 Å². The molecule has 1 aliphatic rings. The van der Waals surface area contributed by atoms with Gasteiger partial charge in [-0.1, -0.05) is 48.0 Å². The van der Waals surface area contributed by atoms with Gasteiger partial charge in [-0.05, 0) is 66.2 Å². The van der Waals surface area contributed by atoms with E-state index in [-0.39, 0.29) is 18.2 Å². The minimum atomic E-state index is -0.184. The van der Waals surface area contributed by atoms with Crippen molar-refractivity contribution in [2.24, 2.45) is 10.2 Å². The Balaban J connectivity index is 1.61. The molecule has 6 nitrogen and oxygen atoms in total. The van der Waals surface area contributed by atoms with Crippen LogP contribution in [-0.2, 0) is 11.3 Å². The van der Waals surface area contributed by atoms with Gasteiger partial charge in [-0.3, -0.25) is 9.69 Å². The second-order valence-electron chi connectivity index (χ2n) is 7.21. The molecular weight excluding hydrogens is 458 g/mol. The Bertz CT molecular complexity index is 1270. The number of allylic oxidation sites excluding steroid dienone is 2. The quantitative estimate of drug-likeness (QED) is 0.264. The van der Waals surface area contributed by atoms with Crippen LogP contribution in [-0.4, -0.2) is 27.3 Å². The van der Waals surface area contributed by atoms with E-state index in [2.05, 4.69) is 10.2 Å². The number of carbonyl (C=O) groups is 1. The SMILES string of the molecule is CC(/C=C1\S/C(=N/N=C\c2cc(Cl)ccc2O)N(Cc2ccco2)C1=O)=C\c1ccccc1. The Kier molecular flexibility index (Phi) is 7.12. The fraction of sp³-hybridized carbons (Fsp3) is 0.0800. The van der Waals surface area contributed by atoms with Crippen LogP contribution in [0.2, 0.25) is 5.02 Å². The molecule has 4 rings (SSSR count). The van der Waals surface area contributed by atoms with Crippen molar-refractivity contribution >= 4 is 46.7 Å². The molecular formula is C25H20ClN3O3S. The molecule has 2 heterocycles. The second-order valence-corrected chi connectivity index (χ2v) is 8.66. The summed E-state index contributed by atoms with van der Waals surface area (Å²) >= 11 is 7.21. The molecule has 33 heavy (non-hydrogen) atoms. The number of amidine groups is 1. The number of benzene rings is 2. The van der Waals surface area contributed by atoms with Crippen molar-refractivity contribution in [3.63, 3.8) is 0 Å². The van der Waals surface area contributed by atoms with Gasteiger partial charge in [-0.2, -0.15) is 5.10 Å². The van der Waals surface area contributed by atoms with Crippen LogP contribution in [0, 0.1) is 0 Å². The zero-order valence-electron chi connectivity index (χ0n) is 17.7. The fourth-order valence-electron chi connectivity index (χ4n) is 3.11. The smallest absolute Gasteiger partial charge is 0.267 e. The average molecular weight is 478 g/mol. The normalized spacial score (nSPS) is 17.1. The molecule has 1 amide bonds. The third kappa shape index (κ3) is 5.83. The maximum Gasteiger partial charge on any atom is 0.267 e. The molecule has 0 unspecified atom stereocenters. The van der Waals surface area contributed by atoms with Gasteiger partial charge in [0.25, 0.3) is 5.91 Å². The van der Waals surface area contributed by atoms with Crippen LogP contribution in [0.4, 0.5) is 0 Å². The molecule has 0 aliphatic carbocycles. The molecule has 1 fully saturated rings. The Morgan fingerprint density at radius 3 is 2.76 bits per heavy atom. The van der Waals surface area contributed by atoms with Crippen LogP contribution in [0.5, 0.6) is 5.75 Å². The van der Waals surface area contributed by atoms with E-state index in [1.54, 1.807) is 30.5 Å². The molecule has 0 spiro atoms. The van der Waals surface area contributed by atoms with E-state index in [0.29, 0.717) is 26.4 Å². The zero-order valence-corrected chi connectivity index (χ0v) is 19.3. The van der Waals surface area contributed by atoms with Gasteiger partial charge in [-0.25, -0.2) is 0 Å². The number of carbonyl (C=O) groups excluding carboxylic acids is 1. The van der Waals surface area contributed by atoms with Crippen LogP contribution >= 0.6 is 23.4 Å². The number of furan rings is 1. The molecule has 1 aliphatic heterocycles. The molecule has 0 radical (unpaired) electrons. The van der Waals surface area contributed by atoms with E-state index in [1.165, 1.54) is 28.9 Å². The first-order chi connectivity index (χ1) is 16.0. The molecule has 1 aromatic heterocycles. The summed E-state index contributed by atoms with van der Waals surface area (Å²) in [5, 5.41) is 19.2. The van der Waals surface area contributed by atoms with Crippen molar-refractivity contribution in [2.45, 2.75) is 13.5 Å². The largest absolute Gasteiger partial charge is 0.507 e. The summed E-state index contributed by atoms with van der Waals surface area (Å²) in [5.74, 6) is 0.482. The van der Waals surface area contributed by atoms with Crippen molar-refractivity contribution in [3.05, 3.63) is 105 Å². The Labute approximate surface area is 200 Å². The van der Waals surface area contributed by atoms with Gasteiger partial charge in [0.05, 0.1) is 23.9 Å². The van der Waals surface area contributed by atoms with E-state index in [0.717, 1.165) is 11.1 Å². The molecule has 8 heteroatoms. The summed E-state index contributed by atoms with van der Waals surface area (Å²) < 4.78 is 5.41. The Morgan fingerprint density at radius 1 is 1.18 bits per heavy atom. The first-order valence-electron chi connectivity index (χ1n) is 10.1. The number of halogens is 1. The van der Waals surface area contributed by atoms with Crippen molar-refractivity contribution in [1.29, 1.82) is 0 Å². The summed E-state index contributed by atoms with van der Waals surface area (Å²) in [4.78, 5) is 15.2. The van der Waals surface area contributed by atoms with E-state index in [9.17, 15) is 9.90 Å². The Morgan fingerprint density at radius 2 is 2.00 bits per heavy atom. The van der Waals surface area contributed by atoms with Gasteiger partial charge in [0.15, 0.2) is 5.17 Å². The molecule has 1 N–H and O–H groups in total. The maximum absolute atomic E-state index is 13.1. The highest BCUT2D eigenvalue weighted by Crippen LogP contribution is 2.33. The number of amides is 1. The van der Waals surface area contributed by atoms with Crippen LogP contribution in [0.1, 0.15) is 23.8 Å². The predicted octanol–water partition coefficient (Wildman–Crippen LogP) is 6.09. The lowest BCUT2D eigenvalue weighted by Gasteiger charge is -2.12. The van der Waals surface area contributed by atoms with E-state index >= 15 is 0 Å². The van der Waals surface area contributed by atoms with E-state index < -0.39 is 0 Å². The minimum absolute atomic E-state index is 0.0354. The van der Waals surface area contributed by atoms with Gasteiger partial charge in [-0.15, -0.1) is 5.10 Å². The number of aromatic hydroxyl groups is 1. The number of phenolic OH excluding ortho intramolecular Hbond substituents is 1. The monoisotopic (exact) mass is 477 g/mol. The second kappa shape index (κ2) is 10.4. The fourth-order valence-corrected chi connectivity index (χ4v) is 4.28. The topological polar surface area (TPSA) is 78.4 Å². The zero-order chi connectivity index (χ0) is 23.2. The minimum Gasteiger partial charge on any atom is -0.507 e. The van der Waals surface area contributed by atoms with Gasteiger partial charge in [0, 0.05) is 10.6 Å². The number of thioether (sulfide) groups is 1. The van der Waals surface area contributed by atoms with Gasteiger partial charge in [0.1, 0.15) is 11.5 Å². The predicted molar refractivity (Wildman–Crippen MR) is 133 cm³/mol. The lowest BCUT2D eigenvalue weighted by atomic mass is 10.1. The van der Waals surface area contributed by atoms with Gasteiger partial charge in [0.2, 0.25) is 0 Å². The van der Waals surface area contributed by atoms with Crippen LogP contribution in [0.3, 0.4) is 0 Å². The molecule has 0 bridgehead atoms. The highest BCUT2D eigenvalue weighted by Gasteiger charge is 2.34. The molecule has 1 saturated heterocycles. The van der Waals surface area contributed by atoms with E-state index in [4.69, 9.17) is 16.0 Å². The average Bonchev–Trinajstić information content (AvgIpc) is 3.41. The third-order valence-electron chi connectivity index (χ3n) is 4.66. The maximum atomic E-state index is 13.1. The third-order valence-corrected chi connectivity index (χ3v) is 5.90. The summed E-state index contributed by atoms with van der Waals surface area (Å²) in [6, 6.07) is 18.1. The first-order valence-corrected chi connectivity index (χ1v) is 11.3. The summed E-state index contributed by atoms with van der Waals surface area (Å²) in [5.41, 5.74) is 2.41. The summed E-state index contributed by atoms with van der Waals surface area (Å²) in [6.07, 6.45) is 6.80. The lowest BCUT2D eigenvalue weighted by molar-refractivity contribution is -0.122. The van der Waals surface area contributed by atoms with Crippen LogP contribution in [0.25, 0.3) is 6.08 Å². The first kappa shape index (κ1) is 22.6. The number of phenols is 1. The van der Waals surface area contributed by atoms with Crippen molar-refractivity contribution in [2.75, 3.05) is 0 Å². The molecule has 2 aromatic carbocycles. The highest BCUT2D eigenvalue weighted by molar-refractivity contribution is 8.18. The number of nitrogens with zero attached hydrogens (tertiary/aromatic N) is 3. The van der Waals surface area contributed by atoms with Crippen LogP contribution < -0.4 is 0 Å². The molecule has 3 aromatic rings. The number of hydrogen-bond acceptors (Lipinski definition) is 6. The summed E-state index contributed by atoms with van der Waals surface area (Å²) in [7, 11) is 0. The van der Waals surface area contributed by atoms with Gasteiger partial charge < -0.3 is 9.52 Å². The number of rotatable bonds is 6. The van der Waals surface area contributed by atoms with Crippen LogP contribution in [0.15, 0.2) is 98.1 Å². The van der Waals surface area contributed by atoms with Crippen molar-refractivity contribution in [3.8, 4) is 5.75 Å². The highest BCUT2D eigenvalue weighted by atomic mass is 35.5. The van der Waals surface area contributed by atoms with Gasteiger partial charge >= 0.3 is 0 Å². The molecule has 0 saturated carbocycles. The Hall–Kier alpha value is -3.55. The standard InChI is InChI=1S/C25H20ClN3O3S/c1-17(12-18-6-3-2-4-7-18)13-23-24(31)29(16-21-8-5-11-32-21)25(33-23)28-27-15-19-14-20(26)9-10-22(19)30/h2-15,30H,16H2,1H3/b17-12+,23-13-,27-15-,28-25+. The summed E-state index contributed by atoms with van der Waals surface area (Å²) in [6.45, 7) is 2.17. The molecule has 0 atom stereocenters. The molecule has 166 valence electrons. The number of hydrogen-bond donors (Lipinski definition) is 1.